The number of benzene rings is 2. The predicted octanol–water partition coefficient (Wildman–Crippen LogP) is 3.08. The Bertz CT molecular complexity index is 788. The summed E-state index contributed by atoms with van der Waals surface area (Å²) in [5.41, 5.74) is 0.276. The van der Waals surface area contributed by atoms with Crippen LogP contribution in [0.5, 0.6) is 0 Å². The second kappa shape index (κ2) is 6.78. The van der Waals surface area contributed by atoms with Crippen LogP contribution in [0.1, 0.15) is 26.3 Å². The summed E-state index contributed by atoms with van der Waals surface area (Å²) in [4.78, 5) is 33.9. The highest BCUT2D eigenvalue weighted by atomic mass is 19.1. The molecule has 0 aliphatic carbocycles. The molecule has 0 spiro atoms. The van der Waals surface area contributed by atoms with Gasteiger partial charge in [0.15, 0.2) is 6.61 Å². The van der Waals surface area contributed by atoms with E-state index in [1.165, 1.54) is 30.3 Å². The molecule has 23 heavy (non-hydrogen) atoms. The third kappa shape index (κ3) is 3.97. The Kier molecular flexibility index (Phi) is 4.80. The first kappa shape index (κ1) is 16.3. The molecule has 6 nitrogen and oxygen atoms in total. The minimum Gasteiger partial charge on any atom is -0.454 e. The zero-order chi connectivity index (χ0) is 17.0. The van der Waals surface area contributed by atoms with Crippen molar-refractivity contribution in [3.05, 3.63) is 75.1 Å². The molecule has 118 valence electrons. The summed E-state index contributed by atoms with van der Waals surface area (Å²) in [6, 6.07) is 8.86. The van der Waals surface area contributed by atoms with Gasteiger partial charge in [-0.2, -0.15) is 0 Å². The molecular formula is C16H12FNO5. The maximum Gasteiger partial charge on any atom is 0.338 e. The van der Waals surface area contributed by atoms with Crippen LogP contribution < -0.4 is 0 Å². The molecule has 0 heterocycles. The third-order valence-corrected chi connectivity index (χ3v) is 3.12. The highest BCUT2D eigenvalue weighted by molar-refractivity contribution is 5.99. The molecule has 0 unspecified atom stereocenters. The van der Waals surface area contributed by atoms with E-state index in [1.54, 1.807) is 6.92 Å². The summed E-state index contributed by atoms with van der Waals surface area (Å²) in [5, 5.41) is 10.9. The highest BCUT2D eigenvalue weighted by Gasteiger charge is 2.17. The number of carbonyl (C=O) groups is 2. The van der Waals surface area contributed by atoms with Gasteiger partial charge in [-0.1, -0.05) is 18.2 Å². The number of nitro groups is 1. The first-order valence-corrected chi connectivity index (χ1v) is 6.59. The molecule has 0 saturated heterocycles. The average Bonchev–Trinajstić information content (AvgIpc) is 2.52. The van der Waals surface area contributed by atoms with Crippen LogP contribution in [-0.4, -0.2) is 23.3 Å². The number of aryl methyl sites for hydroxylation is 1. The molecule has 2 aromatic rings. The number of nitro benzene ring substituents is 1. The molecule has 0 saturated carbocycles. The van der Waals surface area contributed by atoms with E-state index in [1.807, 2.05) is 0 Å². The Morgan fingerprint density at radius 2 is 1.91 bits per heavy atom. The van der Waals surface area contributed by atoms with Crippen molar-refractivity contribution in [3.8, 4) is 0 Å². The van der Waals surface area contributed by atoms with Gasteiger partial charge in [0.05, 0.1) is 10.5 Å². The van der Waals surface area contributed by atoms with Gasteiger partial charge in [-0.3, -0.25) is 14.9 Å². The van der Waals surface area contributed by atoms with Crippen LogP contribution >= 0.6 is 0 Å². The van der Waals surface area contributed by atoms with Gasteiger partial charge < -0.3 is 4.74 Å². The zero-order valence-corrected chi connectivity index (χ0v) is 12.1. The fraction of sp³-hybridized carbons (Fsp3) is 0.125. The SMILES string of the molecule is Cc1ccc(C(=O)COC(=O)c2cccc(F)c2)cc1[N+](=O)[O-]. The van der Waals surface area contributed by atoms with E-state index in [0.717, 1.165) is 12.1 Å². The monoisotopic (exact) mass is 317 g/mol. The van der Waals surface area contributed by atoms with Crippen LogP contribution in [0.15, 0.2) is 42.5 Å². The standard InChI is InChI=1S/C16H12FNO5/c1-10-5-6-11(8-14(10)18(21)22)15(19)9-23-16(20)12-3-2-4-13(17)7-12/h2-8H,9H2,1H3. The molecule has 0 aliphatic rings. The Morgan fingerprint density at radius 3 is 2.57 bits per heavy atom. The van der Waals surface area contributed by atoms with Crippen LogP contribution in [0.2, 0.25) is 0 Å². The van der Waals surface area contributed by atoms with E-state index in [9.17, 15) is 24.1 Å². The van der Waals surface area contributed by atoms with Gasteiger partial charge >= 0.3 is 5.97 Å². The molecule has 7 heteroatoms. The first-order chi connectivity index (χ1) is 10.9. The number of ether oxygens (including phenoxy) is 1. The lowest BCUT2D eigenvalue weighted by Crippen LogP contribution is -2.14. The Morgan fingerprint density at radius 1 is 1.17 bits per heavy atom. The van der Waals surface area contributed by atoms with Gasteiger partial charge in [0.25, 0.3) is 5.69 Å². The van der Waals surface area contributed by atoms with E-state index in [-0.39, 0.29) is 16.8 Å². The van der Waals surface area contributed by atoms with Gasteiger partial charge in [-0.05, 0) is 25.1 Å². The fourth-order valence-electron chi connectivity index (χ4n) is 1.89. The highest BCUT2D eigenvalue weighted by Crippen LogP contribution is 2.19. The summed E-state index contributed by atoms with van der Waals surface area (Å²) in [6.07, 6.45) is 0. The van der Waals surface area contributed by atoms with Crippen LogP contribution in [-0.2, 0) is 4.74 Å². The molecule has 0 aliphatic heterocycles. The van der Waals surface area contributed by atoms with E-state index < -0.39 is 29.1 Å². The number of carbonyl (C=O) groups excluding carboxylic acids is 2. The van der Waals surface area contributed by atoms with E-state index in [0.29, 0.717) is 5.56 Å². The van der Waals surface area contributed by atoms with Crippen LogP contribution in [0.3, 0.4) is 0 Å². The van der Waals surface area contributed by atoms with Crippen LogP contribution in [0.4, 0.5) is 10.1 Å². The molecule has 0 N–H and O–H groups in total. The molecular weight excluding hydrogens is 305 g/mol. The first-order valence-electron chi connectivity index (χ1n) is 6.59. The number of rotatable bonds is 5. The van der Waals surface area contributed by atoms with Crippen molar-refractivity contribution < 1.29 is 23.6 Å². The van der Waals surface area contributed by atoms with Crippen molar-refractivity contribution in [2.75, 3.05) is 6.61 Å². The normalized spacial score (nSPS) is 10.2. The lowest BCUT2D eigenvalue weighted by Gasteiger charge is -2.05. The molecule has 0 radical (unpaired) electrons. The maximum absolute atomic E-state index is 13.0. The summed E-state index contributed by atoms with van der Waals surface area (Å²) in [6.45, 7) is 0.964. The largest absolute Gasteiger partial charge is 0.454 e. The molecule has 0 fully saturated rings. The molecule has 2 rings (SSSR count). The Hall–Kier alpha value is -3.09. The molecule has 0 amide bonds. The topological polar surface area (TPSA) is 86.5 Å². The van der Waals surface area contributed by atoms with E-state index in [2.05, 4.69) is 0 Å². The number of Topliss-reactive ketones (excluding diaryl/α,β-unsaturated/α-hetero) is 1. The van der Waals surface area contributed by atoms with E-state index >= 15 is 0 Å². The summed E-state index contributed by atoms with van der Waals surface area (Å²) in [7, 11) is 0. The van der Waals surface area contributed by atoms with Crippen molar-refractivity contribution in [2.24, 2.45) is 0 Å². The minimum absolute atomic E-state index is 0.0207. The van der Waals surface area contributed by atoms with Crippen LogP contribution in [0.25, 0.3) is 0 Å². The smallest absolute Gasteiger partial charge is 0.338 e. The minimum atomic E-state index is -0.848. The fourth-order valence-corrected chi connectivity index (χ4v) is 1.89. The quantitative estimate of drug-likeness (QED) is 0.366. The van der Waals surface area contributed by atoms with Crippen molar-refractivity contribution in [2.45, 2.75) is 6.92 Å². The van der Waals surface area contributed by atoms with Gasteiger partial charge in [0, 0.05) is 17.2 Å². The van der Waals surface area contributed by atoms with E-state index in [4.69, 9.17) is 4.74 Å². The Labute approximate surface area is 130 Å². The average molecular weight is 317 g/mol. The number of hydrogen-bond donors (Lipinski definition) is 0. The van der Waals surface area contributed by atoms with Gasteiger partial charge in [0.2, 0.25) is 5.78 Å². The lowest BCUT2D eigenvalue weighted by atomic mass is 10.1. The zero-order valence-electron chi connectivity index (χ0n) is 12.1. The molecule has 0 aromatic heterocycles. The number of ketones is 1. The third-order valence-electron chi connectivity index (χ3n) is 3.12. The number of hydrogen-bond acceptors (Lipinski definition) is 5. The van der Waals surface area contributed by atoms with Crippen molar-refractivity contribution in [1.82, 2.24) is 0 Å². The molecule has 0 bridgehead atoms. The van der Waals surface area contributed by atoms with Gasteiger partial charge in [-0.15, -0.1) is 0 Å². The number of esters is 1. The number of nitrogens with zero attached hydrogens (tertiary/aromatic N) is 1. The van der Waals surface area contributed by atoms with Crippen molar-refractivity contribution in [3.63, 3.8) is 0 Å². The summed E-state index contributed by atoms with van der Waals surface area (Å²) >= 11 is 0. The summed E-state index contributed by atoms with van der Waals surface area (Å²) in [5.74, 6) is -2.03. The van der Waals surface area contributed by atoms with Crippen molar-refractivity contribution >= 4 is 17.4 Å². The predicted molar refractivity (Wildman–Crippen MR) is 78.8 cm³/mol. The van der Waals surface area contributed by atoms with Gasteiger partial charge in [-0.25, -0.2) is 9.18 Å². The molecule has 0 atom stereocenters. The van der Waals surface area contributed by atoms with Crippen molar-refractivity contribution in [1.29, 1.82) is 0 Å². The maximum atomic E-state index is 13.0. The van der Waals surface area contributed by atoms with Crippen LogP contribution in [0, 0.1) is 22.9 Å². The van der Waals surface area contributed by atoms with Gasteiger partial charge in [0.1, 0.15) is 5.82 Å². The summed E-state index contributed by atoms with van der Waals surface area (Å²) < 4.78 is 17.8. The number of halogens is 1. The lowest BCUT2D eigenvalue weighted by molar-refractivity contribution is -0.385. The Balaban J connectivity index is 2.06. The molecule has 2 aromatic carbocycles. The second-order valence-electron chi connectivity index (χ2n) is 4.77. The second-order valence-corrected chi connectivity index (χ2v) is 4.77.